The number of hydrogen-bond donors (Lipinski definition) is 2. The van der Waals surface area contributed by atoms with Crippen LogP contribution in [0.3, 0.4) is 0 Å². The lowest BCUT2D eigenvalue weighted by Crippen LogP contribution is -2.20. The van der Waals surface area contributed by atoms with Crippen LogP contribution >= 0.6 is 0 Å². The van der Waals surface area contributed by atoms with Crippen LogP contribution in [-0.2, 0) is 5.54 Å². The summed E-state index contributed by atoms with van der Waals surface area (Å²) in [4.78, 5) is 14.5. The Morgan fingerprint density at radius 3 is 2.75 bits per heavy atom. The average Bonchev–Trinajstić information content (AvgIpc) is 2.61. The maximum absolute atomic E-state index is 10.6. The molecule has 0 bridgehead atoms. The summed E-state index contributed by atoms with van der Waals surface area (Å²) < 4.78 is 5.02. The van der Waals surface area contributed by atoms with Crippen molar-refractivity contribution in [1.82, 2.24) is 4.98 Å². The van der Waals surface area contributed by atoms with Gasteiger partial charge in [0.15, 0.2) is 5.69 Å². The van der Waals surface area contributed by atoms with Crippen molar-refractivity contribution in [3.05, 3.63) is 17.8 Å². The molecule has 1 fully saturated rings. The smallest absolute Gasteiger partial charge is 0.270 e. The number of nitrogens with two attached hydrogens (primary N) is 2. The van der Waals surface area contributed by atoms with E-state index in [4.69, 9.17) is 15.9 Å². The highest BCUT2D eigenvalue weighted by molar-refractivity contribution is 5.90. The molecule has 1 amide bonds. The van der Waals surface area contributed by atoms with Gasteiger partial charge in [-0.2, -0.15) is 0 Å². The summed E-state index contributed by atoms with van der Waals surface area (Å²) in [5, 5.41) is 0. The number of primary amides is 1. The fourth-order valence-corrected chi connectivity index (χ4v) is 0.964. The Morgan fingerprint density at radius 2 is 2.33 bits per heavy atom. The van der Waals surface area contributed by atoms with Crippen LogP contribution in [0.5, 0.6) is 0 Å². The van der Waals surface area contributed by atoms with E-state index in [1.54, 1.807) is 0 Å². The van der Waals surface area contributed by atoms with Crippen LogP contribution in [0, 0.1) is 0 Å². The van der Waals surface area contributed by atoms with E-state index in [9.17, 15) is 4.79 Å². The minimum absolute atomic E-state index is 0.140. The van der Waals surface area contributed by atoms with Crippen LogP contribution in [0.15, 0.2) is 10.7 Å². The quantitative estimate of drug-likeness (QED) is 0.633. The third-order valence-corrected chi connectivity index (χ3v) is 1.97. The molecule has 5 heteroatoms. The Kier molecular flexibility index (Phi) is 1.26. The van der Waals surface area contributed by atoms with Gasteiger partial charge in [-0.3, -0.25) is 4.79 Å². The van der Waals surface area contributed by atoms with Gasteiger partial charge in [0.1, 0.15) is 6.26 Å². The summed E-state index contributed by atoms with van der Waals surface area (Å²) in [7, 11) is 0. The van der Waals surface area contributed by atoms with Gasteiger partial charge in [0.25, 0.3) is 5.91 Å². The highest BCUT2D eigenvalue weighted by atomic mass is 16.3. The number of rotatable bonds is 2. The summed E-state index contributed by atoms with van der Waals surface area (Å²) in [6.45, 7) is 0. The summed E-state index contributed by atoms with van der Waals surface area (Å²) in [5.74, 6) is -0.175. The van der Waals surface area contributed by atoms with Gasteiger partial charge >= 0.3 is 0 Å². The van der Waals surface area contributed by atoms with Crippen molar-refractivity contribution in [3.8, 4) is 0 Å². The molecule has 1 aliphatic rings. The van der Waals surface area contributed by atoms with E-state index in [1.165, 1.54) is 6.26 Å². The predicted molar refractivity (Wildman–Crippen MR) is 40.1 cm³/mol. The second-order valence-electron chi connectivity index (χ2n) is 3.06. The first-order valence-corrected chi connectivity index (χ1v) is 3.66. The number of amides is 1. The molecular weight excluding hydrogens is 158 g/mol. The molecule has 1 aromatic heterocycles. The lowest BCUT2D eigenvalue weighted by Gasteiger charge is -1.99. The standard InChI is InChI=1S/C7H9N3O2/c8-5(11)4-3-12-6(10-4)7(9)1-2-7/h3H,1-2,9H2,(H2,8,11). The molecule has 1 aliphatic carbocycles. The zero-order valence-electron chi connectivity index (χ0n) is 6.41. The van der Waals surface area contributed by atoms with E-state index in [0.717, 1.165) is 12.8 Å². The summed E-state index contributed by atoms with van der Waals surface area (Å²) >= 11 is 0. The van der Waals surface area contributed by atoms with Crippen molar-refractivity contribution in [2.75, 3.05) is 0 Å². The molecule has 12 heavy (non-hydrogen) atoms. The summed E-state index contributed by atoms with van der Waals surface area (Å²) in [6.07, 6.45) is 2.95. The Labute approximate surface area is 68.7 Å². The van der Waals surface area contributed by atoms with Crippen LogP contribution in [0.1, 0.15) is 29.2 Å². The van der Waals surface area contributed by atoms with E-state index in [-0.39, 0.29) is 5.69 Å². The molecule has 4 N–H and O–H groups in total. The highest BCUT2D eigenvalue weighted by Crippen LogP contribution is 2.41. The van der Waals surface area contributed by atoms with E-state index < -0.39 is 11.4 Å². The third-order valence-electron chi connectivity index (χ3n) is 1.97. The van der Waals surface area contributed by atoms with E-state index in [2.05, 4.69) is 4.98 Å². The van der Waals surface area contributed by atoms with Gasteiger partial charge in [-0.15, -0.1) is 0 Å². The number of carbonyl (C=O) groups excluding carboxylic acids is 1. The molecule has 1 saturated carbocycles. The minimum Gasteiger partial charge on any atom is -0.446 e. The van der Waals surface area contributed by atoms with Crippen molar-refractivity contribution in [3.63, 3.8) is 0 Å². The zero-order valence-corrected chi connectivity index (χ0v) is 6.41. The molecule has 0 spiro atoms. The number of hydrogen-bond acceptors (Lipinski definition) is 4. The first kappa shape index (κ1) is 7.30. The Balaban J connectivity index is 2.30. The molecule has 0 atom stereocenters. The van der Waals surface area contributed by atoms with Crippen molar-refractivity contribution in [2.24, 2.45) is 11.5 Å². The predicted octanol–water partition coefficient (Wildman–Crippen LogP) is -0.279. The fourth-order valence-electron chi connectivity index (χ4n) is 0.964. The Hall–Kier alpha value is -1.36. The fraction of sp³-hybridized carbons (Fsp3) is 0.429. The van der Waals surface area contributed by atoms with Crippen molar-refractivity contribution in [1.29, 1.82) is 0 Å². The van der Waals surface area contributed by atoms with Gasteiger partial charge in [0.2, 0.25) is 5.89 Å². The van der Waals surface area contributed by atoms with Crippen molar-refractivity contribution in [2.45, 2.75) is 18.4 Å². The summed E-state index contributed by atoms with van der Waals surface area (Å²) in [6, 6.07) is 0. The third kappa shape index (κ3) is 0.984. The molecule has 0 unspecified atom stereocenters. The molecule has 0 saturated heterocycles. The van der Waals surface area contributed by atoms with Gasteiger partial charge in [-0.25, -0.2) is 4.98 Å². The van der Waals surface area contributed by atoms with Gasteiger partial charge < -0.3 is 15.9 Å². The number of oxazole rings is 1. The molecule has 0 aliphatic heterocycles. The van der Waals surface area contributed by atoms with Crippen LogP contribution in [0.2, 0.25) is 0 Å². The molecule has 0 radical (unpaired) electrons. The summed E-state index contributed by atoms with van der Waals surface area (Å²) in [5.41, 5.74) is 10.5. The second-order valence-corrected chi connectivity index (χ2v) is 3.06. The first-order chi connectivity index (χ1) is 5.62. The van der Waals surface area contributed by atoms with E-state index in [1.807, 2.05) is 0 Å². The maximum Gasteiger partial charge on any atom is 0.270 e. The van der Waals surface area contributed by atoms with Gasteiger partial charge in [-0.05, 0) is 12.8 Å². The van der Waals surface area contributed by atoms with Gasteiger partial charge in [0.05, 0.1) is 5.54 Å². The van der Waals surface area contributed by atoms with Crippen LogP contribution in [0.4, 0.5) is 0 Å². The van der Waals surface area contributed by atoms with E-state index >= 15 is 0 Å². The van der Waals surface area contributed by atoms with Crippen LogP contribution < -0.4 is 11.5 Å². The lowest BCUT2D eigenvalue weighted by atomic mass is 10.3. The number of nitrogens with zero attached hydrogens (tertiary/aromatic N) is 1. The topological polar surface area (TPSA) is 95.1 Å². The van der Waals surface area contributed by atoms with Gasteiger partial charge in [-0.1, -0.05) is 0 Å². The maximum atomic E-state index is 10.6. The molecular formula is C7H9N3O2. The monoisotopic (exact) mass is 167 g/mol. The minimum atomic E-state index is -0.589. The number of carbonyl (C=O) groups is 1. The molecule has 64 valence electrons. The second kappa shape index (κ2) is 2.07. The molecule has 1 heterocycles. The number of aromatic nitrogens is 1. The lowest BCUT2D eigenvalue weighted by molar-refractivity contribution is 0.0995. The van der Waals surface area contributed by atoms with Crippen molar-refractivity contribution < 1.29 is 9.21 Å². The molecule has 5 nitrogen and oxygen atoms in total. The van der Waals surface area contributed by atoms with Crippen LogP contribution in [-0.4, -0.2) is 10.9 Å². The molecule has 0 aromatic carbocycles. The Bertz CT molecular complexity index is 327. The average molecular weight is 167 g/mol. The Morgan fingerprint density at radius 1 is 1.67 bits per heavy atom. The highest BCUT2D eigenvalue weighted by Gasteiger charge is 2.45. The normalized spacial score (nSPS) is 19.1. The molecule has 2 rings (SSSR count). The zero-order chi connectivity index (χ0) is 8.77. The SMILES string of the molecule is NC(=O)c1coc(C2(N)CC2)n1. The van der Waals surface area contributed by atoms with E-state index in [0.29, 0.717) is 5.89 Å². The van der Waals surface area contributed by atoms with Gasteiger partial charge in [0, 0.05) is 0 Å². The van der Waals surface area contributed by atoms with Crippen LogP contribution in [0.25, 0.3) is 0 Å². The van der Waals surface area contributed by atoms with Crippen molar-refractivity contribution >= 4 is 5.91 Å². The largest absolute Gasteiger partial charge is 0.446 e. The first-order valence-electron chi connectivity index (χ1n) is 3.66. The molecule has 1 aromatic rings.